The molecule has 0 saturated heterocycles. The number of aryl methyl sites for hydroxylation is 2. The van der Waals surface area contributed by atoms with Crippen LogP contribution in [0.1, 0.15) is 52.3 Å². The summed E-state index contributed by atoms with van der Waals surface area (Å²) in [6.45, 7) is 8.75. The van der Waals surface area contributed by atoms with Gasteiger partial charge in [-0.05, 0) is 46.5 Å². The van der Waals surface area contributed by atoms with E-state index in [1.54, 1.807) is 16.3 Å². The van der Waals surface area contributed by atoms with Gasteiger partial charge in [-0.3, -0.25) is 9.56 Å². The second-order valence-corrected chi connectivity index (χ2v) is 8.09. The Morgan fingerprint density at radius 2 is 1.83 bits per heavy atom. The summed E-state index contributed by atoms with van der Waals surface area (Å²) in [4.78, 5) is 28.0. The number of guanidine groups is 1. The lowest BCUT2D eigenvalue weighted by atomic mass is 10.2. The smallest absolute Gasteiger partial charge is 0.407 e. The molecule has 10 nitrogen and oxygen atoms in total. The van der Waals surface area contributed by atoms with Crippen molar-refractivity contribution in [2.75, 3.05) is 26.7 Å². The van der Waals surface area contributed by atoms with Crippen molar-refractivity contribution in [1.82, 2.24) is 30.3 Å². The fourth-order valence-electron chi connectivity index (χ4n) is 3.05. The van der Waals surface area contributed by atoms with E-state index in [4.69, 9.17) is 4.74 Å². The zero-order chi connectivity index (χ0) is 21.3. The number of nitrogens with zero attached hydrogens (tertiary/aromatic N) is 4. The maximum atomic E-state index is 12.3. The zero-order valence-corrected chi connectivity index (χ0v) is 18.1. The molecule has 10 heteroatoms. The van der Waals surface area contributed by atoms with Gasteiger partial charge in [0.2, 0.25) is 0 Å². The van der Waals surface area contributed by atoms with E-state index in [1.165, 1.54) is 0 Å². The Morgan fingerprint density at radius 1 is 1.14 bits per heavy atom. The average Bonchev–Trinajstić information content (AvgIpc) is 2.98. The van der Waals surface area contributed by atoms with Crippen LogP contribution < -0.4 is 21.6 Å². The summed E-state index contributed by atoms with van der Waals surface area (Å²) in [5, 5.41) is 13.6. The van der Waals surface area contributed by atoms with Crippen molar-refractivity contribution in [3.05, 3.63) is 16.3 Å². The molecule has 1 aromatic rings. The third-order valence-corrected chi connectivity index (χ3v) is 4.41. The first-order valence-corrected chi connectivity index (χ1v) is 10.4. The van der Waals surface area contributed by atoms with E-state index in [2.05, 4.69) is 26.0 Å². The molecule has 0 aliphatic carbocycles. The van der Waals surface area contributed by atoms with Gasteiger partial charge < -0.3 is 20.7 Å². The van der Waals surface area contributed by atoms with Crippen molar-refractivity contribution >= 4 is 12.1 Å². The first-order chi connectivity index (χ1) is 13.8. The summed E-state index contributed by atoms with van der Waals surface area (Å²) in [6.07, 6.45) is 4.16. The van der Waals surface area contributed by atoms with Crippen molar-refractivity contribution in [2.45, 2.75) is 71.6 Å². The molecule has 29 heavy (non-hydrogen) atoms. The number of fused-ring (bicyclic) bond motifs is 1. The summed E-state index contributed by atoms with van der Waals surface area (Å²) >= 11 is 0. The Hall–Kier alpha value is -2.52. The molecule has 0 bridgehead atoms. The predicted octanol–water partition coefficient (Wildman–Crippen LogP) is 0.851. The highest BCUT2D eigenvalue weighted by molar-refractivity contribution is 5.79. The molecular formula is C19H35N7O3. The van der Waals surface area contributed by atoms with E-state index in [0.717, 1.165) is 44.5 Å². The zero-order valence-electron chi connectivity index (χ0n) is 18.1. The van der Waals surface area contributed by atoms with Crippen LogP contribution in [0.25, 0.3) is 0 Å². The van der Waals surface area contributed by atoms with Crippen molar-refractivity contribution in [3.8, 4) is 0 Å². The molecule has 0 fully saturated rings. The minimum Gasteiger partial charge on any atom is -0.444 e. The number of ether oxygens (including phenoxy) is 1. The third kappa shape index (κ3) is 7.78. The SMILES string of the molecule is CN=C(NCCCNC(=O)OC(C)(C)C)NCCCn1nc2n(c1=O)CCCC2. The molecule has 1 aliphatic rings. The molecule has 1 amide bonds. The number of amides is 1. The van der Waals surface area contributed by atoms with Crippen molar-refractivity contribution in [3.63, 3.8) is 0 Å². The minimum atomic E-state index is -0.491. The van der Waals surface area contributed by atoms with E-state index in [-0.39, 0.29) is 5.69 Å². The van der Waals surface area contributed by atoms with Gasteiger partial charge in [0.1, 0.15) is 11.4 Å². The van der Waals surface area contributed by atoms with Gasteiger partial charge in [0.15, 0.2) is 5.96 Å². The van der Waals surface area contributed by atoms with Crippen LogP contribution in [0.2, 0.25) is 0 Å². The summed E-state index contributed by atoms with van der Waals surface area (Å²) in [5.41, 5.74) is -0.491. The molecule has 2 rings (SSSR count). The van der Waals surface area contributed by atoms with Gasteiger partial charge in [-0.15, -0.1) is 0 Å². The van der Waals surface area contributed by atoms with Crippen molar-refractivity contribution in [1.29, 1.82) is 0 Å². The van der Waals surface area contributed by atoms with Gasteiger partial charge >= 0.3 is 11.8 Å². The molecule has 0 aromatic carbocycles. The quantitative estimate of drug-likeness (QED) is 0.333. The number of carbonyl (C=O) groups excluding carboxylic acids is 1. The third-order valence-electron chi connectivity index (χ3n) is 4.41. The number of carbonyl (C=O) groups is 1. The van der Waals surface area contributed by atoms with Crippen LogP contribution in [0.5, 0.6) is 0 Å². The monoisotopic (exact) mass is 409 g/mol. The maximum Gasteiger partial charge on any atom is 0.407 e. The fraction of sp³-hybridized carbons (Fsp3) is 0.789. The highest BCUT2D eigenvalue weighted by Crippen LogP contribution is 2.09. The Bertz CT molecular complexity index is 746. The molecule has 1 aromatic heterocycles. The molecule has 0 atom stereocenters. The first kappa shape index (κ1) is 22.8. The fourth-order valence-corrected chi connectivity index (χ4v) is 3.05. The largest absolute Gasteiger partial charge is 0.444 e. The number of hydrogen-bond donors (Lipinski definition) is 3. The van der Waals surface area contributed by atoms with Gasteiger partial charge in [0, 0.05) is 46.2 Å². The van der Waals surface area contributed by atoms with Crippen LogP contribution in [-0.4, -0.2) is 58.7 Å². The van der Waals surface area contributed by atoms with Crippen LogP contribution in [0.15, 0.2) is 9.79 Å². The lowest BCUT2D eigenvalue weighted by Crippen LogP contribution is -2.40. The summed E-state index contributed by atoms with van der Waals surface area (Å²) in [5.74, 6) is 1.60. The topological polar surface area (TPSA) is 115 Å². The minimum absolute atomic E-state index is 0.000283. The second-order valence-electron chi connectivity index (χ2n) is 8.09. The lowest BCUT2D eigenvalue weighted by Gasteiger charge is -2.19. The van der Waals surface area contributed by atoms with Crippen LogP contribution in [0, 0.1) is 0 Å². The van der Waals surface area contributed by atoms with Gasteiger partial charge in [-0.1, -0.05) is 0 Å². The number of hydrogen-bond acceptors (Lipinski definition) is 5. The Labute approximate surface area is 172 Å². The van der Waals surface area contributed by atoms with E-state index in [1.807, 2.05) is 20.8 Å². The van der Waals surface area contributed by atoms with Crippen LogP contribution in [0.4, 0.5) is 4.79 Å². The van der Waals surface area contributed by atoms with E-state index in [0.29, 0.717) is 32.1 Å². The Balaban J connectivity index is 1.59. The molecule has 164 valence electrons. The number of alkyl carbamates (subject to hydrolysis) is 1. The molecule has 3 N–H and O–H groups in total. The van der Waals surface area contributed by atoms with Crippen molar-refractivity contribution in [2.24, 2.45) is 4.99 Å². The van der Waals surface area contributed by atoms with Crippen LogP contribution in [-0.2, 0) is 24.2 Å². The van der Waals surface area contributed by atoms with Gasteiger partial charge in [0.25, 0.3) is 0 Å². The lowest BCUT2D eigenvalue weighted by molar-refractivity contribution is 0.0527. The number of nitrogens with one attached hydrogen (secondary N) is 3. The molecule has 0 unspecified atom stereocenters. The molecular weight excluding hydrogens is 374 g/mol. The first-order valence-electron chi connectivity index (χ1n) is 10.4. The Kier molecular flexibility index (Phi) is 8.53. The highest BCUT2D eigenvalue weighted by atomic mass is 16.6. The number of aromatic nitrogens is 3. The van der Waals surface area contributed by atoms with Gasteiger partial charge in [0.05, 0.1) is 0 Å². The number of rotatable bonds is 8. The van der Waals surface area contributed by atoms with Gasteiger partial charge in [-0.25, -0.2) is 14.3 Å². The van der Waals surface area contributed by atoms with E-state index < -0.39 is 11.7 Å². The van der Waals surface area contributed by atoms with Crippen LogP contribution in [0.3, 0.4) is 0 Å². The highest BCUT2D eigenvalue weighted by Gasteiger charge is 2.16. The average molecular weight is 410 g/mol. The van der Waals surface area contributed by atoms with E-state index >= 15 is 0 Å². The molecule has 1 aliphatic heterocycles. The van der Waals surface area contributed by atoms with Crippen LogP contribution >= 0.6 is 0 Å². The number of aliphatic imine (C=N–C) groups is 1. The summed E-state index contributed by atoms with van der Waals surface area (Å²) < 4.78 is 8.55. The van der Waals surface area contributed by atoms with Gasteiger partial charge in [-0.2, -0.15) is 5.10 Å². The van der Waals surface area contributed by atoms with Crippen molar-refractivity contribution < 1.29 is 9.53 Å². The standard InChI is InChI=1S/C19H35N7O3/c1-19(2,3)29-17(27)23-11-7-10-21-16(20-4)22-12-8-14-26-18(28)25-13-6-5-9-15(25)24-26/h5-14H2,1-4H3,(H,23,27)(H2,20,21,22). The maximum absolute atomic E-state index is 12.3. The summed E-state index contributed by atoms with van der Waals surface area (Å²) in [6, 6.07) is 0. The Morgan fingerprint density at radius 3 is 2.48 bits per heavy atom. The normalized spacial score (nSPS) is 14.3. The molecule has 0 radical (unpaired) electrons. The molecule has 0 saturated carbocycles. The predicted molar refractivity (Wildman–Crippen MR) is 112 cm³/mol. The second kappa shape index (κ2) is 10.9. The molecule has 0 spiro atoms. The van der Waals surface area contributed by atoms with E-state index in [9.17, 15) is 9.59 Å². The molecule has 2 heterocycles. The summed E-state index contributed by atoms with van der Waals surface area (Å²) in [7, 11) is 1.71.